The fourth-order valence-corrected chi connectivity index (χ4v) is 3.16. The first kappa shape index (κ1) is 19.1. The molecule has 0 spiro atoms. The van der Waals surface area contributed by atoms with Gasteiger partial charge in [0.2, 0.25) is 5.88 Å². The quantitative estimate of drug-likeness (QED) is 0.653. The number of nitrogens with zero attached hydrogens (tertiary/aromatic N) is 3. The van der Waals surface area contributed by atoms with Gasteiger partial charge in [-0.1, -0.05) is 18.2 Å². The summed E-state index contributed by atoms with van der Waals surface area (Å²) in [7, 11) is 0. The molecule has 1 aliphatic heterocycles. The molecule has 5 heteroatoms. The number of ether oxygens (including phenoxy) is 1. The summed E-state index contributed by atoms with van der Waals surface area (Å²) < 4.78 is 11.9. The highest BCUT2D eigenvalue weighted by molar-refractivity contribution is 5.93. The van der Waals surface area contributed by atoms with Crippen molar-refractivity contribution in [2.75, 3.05) is 18.0 Å². The van der Waals surface area contributed by atoms with Gasteiger partial charge < -0.3 is 14.1 Å². The maximum Gasteiger partial charge on any atom is 0.204 e. The van der Waals surface area contributed by atoms with Crippen molar-refractivity contribution in [3.8, 4) is 12.1 Å². The Bertz CT molecular complexity index is 1080. The molecule has 0 radical (unpaired) electrons. The van der Waals surface area contributed by atoms with Crippen LogP contribution in [0.1, 0.15) is 26.3 Å². The van der Waals surface area contributed by atoms with E-state index < -0.39 is 0 Å². The van der Waals surface area contributed by atoms with Crippen LogP contribution in [-0.2, 0) is 4.74 Å². The Kier molecular flexibility index (Phi) is 5.67. The molecule has 2 aromatic rings. The predicted octanol–water partition coefficient (Wildman–Crippen LogP) is 5.45. The first-order chi connectivity index (χ1) is 13.6. The van der Waals surface area contributed by atoms with Crippen LogP contribution in [0.4, 0.5) is 5.88 Å². The summed E-state index contributed by atoms with van der Waals surface area (Å²) in [5, 5.41) is 19.3. The number of allylic oxidation sites excluding steroid dienone is 6. The Balaban J connectivity index is 2.06. The molecule has 0 amide bonds. The average Bonchev–Trinajstić information content (AvgIpc) is 3.06. The lowest BCUT2D eigenvalue weighted by Crippen LogP contribution is -2.21. The first-order valence-corrected chi connectivity index (χ1v) is 9.18. The molecule has 3 rings (SSSR count). The summed E-state index contributed by atoms with van der Waals surface area (Å²) in [5.41, 5.74) is 2.42. The topological polar surface area (TPSA) is 73.2 Å². The van der Waals surface area contributed by atoms with Crippen LogP contribution in [0.25, 0.3) is 17.0 Å². The number of hydrogen-bond donors (Lipinski definition) is 0. The van der Waals surface area contributed by atoms with E-state index in [-0.39, 0.29) is 5.57 Å². The number of benzene rings is 1. The number of anilines is 1. The van der Waals surface area contributed by atoms with E-state index in [9.17, 15) is 0 Å². The number of rotatable bonds is 5. The van der Waals surface area contributed by atoms with Crippen molar-refractivity contribution in [3.63, 3.8) is 0 Å². The van der Waals surface area contributed by atoms with Crippen LogP contribution >= 0.6 is 0 Å². The van der Waals surface area contributed by atoms with E-state index in [4.69, 9.17) is 19.7 Å². The second-order valence-electron chi connectivity index (χ2n) is 6.28. The highest BCUT2D eigenvalue weighted by atomic mass is 16.5. The molecule has 0 bridgehead atoms. The van der Waals surface area contributed by atoms with Crippen molar-refractivity contribution in [1.82, 2.24) is 0 Å². The van der Waals surface area contributed by atoms with E-state index in [0.29, 0.717) is 17.1 Å². The predicted molar refractivity (Wildman–Crippen MR) is 110 cm³/mol. The lowest BCUT2D eigenvalue weighted by Gasteiger charge is -2.18. The fraction of sp³-hybridized carbons (Fsp3) is 0.217. The summed E-state index contributed by atoms with van der Waals surface area (Å²) in [6.45, 7) is 7.64. The Morgan fingerprint density at radius 1 is 1.07 bits per heavy atom. The molecule has 1 aromatic carbocycles. The molecule has 1 aliphatic rings. The summed E-state index contributed by atoms with van der Waals surface area (Å²) in [6, 6.07) is 11.8. The third-order valence-corrected chi connectivity index (χ3v) is 4.53. The molecule has 0 unspecified atom stereocenters. The van der Waals surface area contributed by atoms with E-state index in [1.807, 2.05) is 48.6 Å². The Morgan fingerprint density at radius 3 is 2.46 bits per heavy atom. The van der Waals surface area contributed by atoms with Crippen LogP contribution in [0.15, 0.2) is 69.6 Å². The largest absolute Gasteiger partial charge is 0.462 e. The minimum atomic E-state index is 0.0612. The van der Waals surface area contributed by atoms with Gasteiger partial charge in [0.15, 0.2) is 0 Å². The molecule has 5 nitrogen and oxygen atoms in total. The Labute approximate surface area is 164 Å². The van der Waals surface area contributed by atoms with Crippen LogP contribution < -0.4 is 4.90 Å². The highest BCUT2D eigenvalue weighted by Crippen LogP contribution is 2.34. The number of fused-ring (bicyclic) bond motifs is 1. The van der Waals surface area contributed by atoms with Gasteiger partial charge >= 0.3 is 0 Å². The van der Waals surface area contributed by atoms with Crippen molar-refractivity contribution in [2.45, 2.75) is 20.8 Å². The van der Waals surface area contributed by atoms with Crippen molar-refractivity contribution >= 4 is 22.9 Å². The third-order valence-electron chi connectivity index (χ3n) is 4.53. The minimum absolute atomic E-state index is 0.0612. The normalized spacial score (nSPS) is 13.5. The fourth-order valence-electron chi connectivity index (χ4n) is 3.16. The van der Waals surface area contributed by atoms with Gasteiger partial charge in [0.25, 0.3) is 0 Å². The number of para-hydroxylation sites is 1. The Morgan fingerprint density at radius 2 is 1.79 bits per heavy atom. The van der Waals surface area contributed by atoms with Gasteiger partial charge in [-0.2, -0.15) is 10.5 Å². The summed E-state index contributed by atoms with van der Waals surface area (Å²) >= 11 is 0. The first-order valence-electron chi connectivity index (χ1n) is 9.18. The smallest absolute Gasteiger partial charge is 0.204 e. The van der Waals surface area contributed by atoms with E-state index in [0.717, 1.165) is 35.5 Å². The van der Waals surface area contributed by atoms with Crippen molar-refractivity contribution in [2.24, 2.45) is 0 Å². The van der Waals surface area contributed by atoms with E-state index in [1.54, 1.807) is 19.1 Å². The van der Waals surface area contributed by atoms with Crippen LogP contribution in [0.2, 0.25) is 0 Å². The maximum absolute atomic E-state index is 9.14. The lowest BCUT2D eigenvalue weighted by molar-refractivity contribution is 0.318. The van der Waals surface area contributed by atoms with Crippen LogP contribution in [0.5, 0.6) is 0 Å². The number of furan rings is 1. The maximum atomic E-state index is 9.14. The molecule has 0 aliphatic carbocycles. The van der Waals surface area contributed by atoms with E-state index in [1.165, 1.54) is 0 Å². The molecular formula is C23H21N3O2. The molecular weight excluding hydrogens is 350 g/mol. The molecule has 0 saturated carbocycles. The summed E-state index contributed by atoms with van der Waals surface area (Å²) in [4.78, 5) is 2.16. The molecule has 1 aromatic heterocycles. The van der Waals surface area contributed by atoms with Crippen molar-refractivity contribution in [1.29, 1.82) is 10.5 Å². The number of nitriles is 2. The Hall–Kier alpha value is -3.70. The third kappa shape index (κ3) is 3.70. The molecule has 28 heavy (non-hydrogen) atoms. The SMILES string of the molecule is CCN(CC)c1oc2ccccc2c1C=CC1=CC(=C(C#N)C#N)C=C(C)O1. The molecule has 140 valence electrons. The van der Waals surface area contributed by atoms with Crippen LogP contribution in [-0.4, -0.2) is 13.1 Å². The van der Waals surface area contributed by atoms with Crippen LogP contribution in [0, 0.1) is 22.7 Å². The summed E-state index contributed by atoms with van der Waals surface area (Å²) in [5.74, 6) is 2.01. The monoisotopic (exact) mass is 371 g/mol. The molecule has 0 atom stereocenters. The van der Waals surface area contributed by atoms with Gasteiger partial charge in [-0.3, -0.25) is 0 Å². The molecule has 2 heterocycles. The van der Waals surface area contributed by atoms with Gasteiger partial charge in [0.05, 0.1) is 0 Å². The second kappa shape index (κ2) is 8.33. The van der Waals surface area contributed by atoms with Crippen LogP contribution in [0.3, 0.4) is 0 Å². The zero-order valence-corrected chi connectivity index (χ0v) is 16.2. The molecule has 0 saturated heterocycles. The highest BCUT2D eigenvalue weighted by Gasteiger charge is 2.17. The zero-order chi connectivity index (χ0) is 20.1. The van der Waals surface area contributed by atoms with Crippen molar-refractivity contribution in [3.05, 3.63) is 70.7 Å². The standard InChI is InChI=1S/C23H21N3O2/c1-4-26(5-2)23-21(20-8-6-7-9-22(20)28-23)11-10-19-13-17(12-16(3)27-19)18(14-24)15-25/h6-13H,4-5H2,1-3H3. The molecule has 0 fully saturated rings. The number of hydrogen-bond acceptors (Lipinski definition) is 5. The lowest BCUT2D eigenvalue weighted by atomic mass is 10.1. The molecule has 0 N–H and O–H groups in total. The van der Waals surface area contributed by atoms with E-state index >= 15 is 0 Å². The minimum Gasteiger partial charge on any atom is -0.462 e. The zero-order valence-electron chi connectivity index (χ0n) is 16.2. The second-order valence-corrected chi connectivity index (χ2v) is 6.28. The van der Waals surface area contributed by atoms with Gasteiger partial charge in [-0.25, -0.2) is 0 Å². The average molecular weight is 371 g/mol. The van der Waals surface area contributed by atoms with Gasteiger partial charge in [-0.15, -0.1) is 0 Å². The summed E-state index contributed by atoms with van der Waals surface area (Å²) in [6.07, 6.45) is 7.19. The van der Waals surface area contributed by atoms with E-state index in [2.05, 4.69) is 18.7 Å². The van der Waals surface area contributed by atoms with Crippen molar-refractivity contribution < 1.29 is 9.15 Å². The van der Waals surface area contributed by atoms with Gasteiger partial charge in [0.1, 0.15) is 34.8 Å². The van der Waals surface area contributed by atoms with Gasteiger partial charge in [0, 0.05) is 29.6 Å². The van der Waals surface area contributed by atoms with Gasteiger partial charge in [-0.05, 0) is 51.1 Å².